The Morgan fingerprint density at radius 2 is 2.41 bits per heavy atom. The number of halogens is 1. The number of methoxy groups -OCH3 is 1. The lowest BCUT2D eigenvalue weighted by atomic mass is 10.4. The van der Waals surface area contributed by atoms with E-state index in [4.69, 9.17) is 4.74 Å². The van der Waals surface area contributed by atoms with Gasteiger partial charge in [0.2, 0.25) is 0 Å². The molecule has 4 nitrogen and oxygen atoms in total. The van der Waals surface area contributed by atoms with Crippen molar-refractivity contribution in [2.24, 2.45) is 4.99 Å². The first-order valence-electron chi connectivity index (χ1n) is 5.03. The highest BCUT2D eigenvalue weighted by Gasteiger charge is 1.97. The van der Waals surface area contributed by atoms with Gasteiger partial charge in [-0.2, -0.15) is 0 Å². The molecule has 0 amide bonds. The third kappa shape index (κ3) is 3.24. The van der Waals surface area contributed by atoms with E-state index in [1.807, 2.05) is 34.3 Å². The second kappa shape index (κ2) is 6.09. The third-order valence-corrected chi connectivity index (χ3v) is 3.44. The summed E-state index contributed by atoms with van der Waals surface area (Å²) in [6.07, 6.45) is 1.95. The van der Waals surface area contributed by atoms with Gasteiger partial charge in [-0.05, 0) is 12.1 Å². The summed E-state index contributed by atoms with van der Waals surface area (Å²) in [7, 11) is 1.66. The monoisotopic (exact) mass is 313 g/mol. The van der Waals surface area contributed by atoms with Crippen molar-refractivity contribution in [2.75, 3.05) is 7.11 Å². The number of alkyl halides is 1. The van der Waals surface area contributed by atoms with Crippen LogP contribution in [0, 0.1) is 0 Å². The lowest BCUT2D eigenvalue weighted by Crippen LogP contribution is -2.14. The van der Waals surface area contributed by atoms with Crippen molar-refractivity contribution in [3.8, 4) is 0 Å². The van der Waals surface area contributed by atoms with E-state index >= 15 is 0 Å². The van der Waals surface area contributed by atoms with Crippen LogP contribution in [0.2, 0.25) is 0 Å². The zero-order chi connectivity index (χ0) is 12.1. The van der Waals surface area contributed by atoms with Crippen LogP contribution in [0.15, 0.2) is 34.8 Å². The van der Waals surface area contributed by atoms with Crippen molar-refractivity contribution in [2.45, 2.75) is 12.1 Å². The number of thiazole rings is 1. The fourth-order valence-corrected chi connectivity index (χ4v) is 2.36. The van der Waals surface area contributed by atoms with Crippen molar-refractivity contribution >= 4 is 33.1 Å². The van der Waals surface area contributed by atoms with Gasteiger partial charge in [-0.1, -0.05) is 22.0 Å². The van der Waals surface area contributed by atoms with Gasteiger partial charge in [0, 0.05) is 24.0 Å². The van der Waals surface area contributed by atoms with Crippen molar-refractivity contribution < 1.29 is 4.74 Å². The summed E-state index contributed by atoms with van der Waals surface area (Å²) >= 11 is 4.94. The molecule has 2 rings (SSSR count). The van der Waals surface area contributed by atoms with E-state index < -0.39 is 0 Å². The minimum absolute atomic E-state index is 0.500. The Bertz CT molecular complexity index is 549. The lowest BCUT2D eigenvalue weighted by Gasteiger charge is -2.00. The van der Waals surface area contributed by atoms with Crippen LogP contribution in [-0.4, -0.2) is 16.7 Å². The molecule has 0 aliphatic rings. The SMILES string of the molecule is COCn1ccsc1=Nc1cccc(CBr)n1. The predicted molar refractivity (Wildman–Crippen MR) is 71.4 cm³/mol. The first kappa shape index (κ1) is 12.5. The van der Waals surface area contributed by atoms with Gasteiger partial charge in [0.25, 0.3) is 0 Å². The highest BCUT2D eigenvalue weighted by atomic mass is 79.9. The first-order valence-corrected chi connectivity index (χ1v) is 7.03. The number of aromatic nitrogens is 2. The predicted octanol–water partition coefficient (Wildman–Crippen LogP) is 2.68. The molecule has 90 valence electrons. The molecule has 6 heteroatoms. The van der Waals surface area contributed by atoms with E-state index in [1.54, 1.807) is 18.4 Å². The molecule has 0 aliphatic carbocycles. The Balaban J connectivity index is 2.36. The lowest BCUT2D eigenvalue weighted by molar-refractivity contribution is 0.129. The topological polar surface area (TPSA) is 39.4 Å². The standard InChI is InChI=1S/C11H12BrN3OS/c1-16-8-15-5-6-17-11(15)14-10-4-2-3-9(7-12)13-10/h2-6H,7-8H2,1H3. The maximum Gasteiger partial charge on any atom is 0.193 e. The molecule has 0 aliphatic heterocycles. The van der Waals surface area contributed by atoms with E-state index in [0.717, 1.165) is 15.8 Å². The number of hydrogen-bond acceptors (Lipinski definition) is 4. The van der Waals surface area contributed by atoms with E-state index in [2.05, 4.69) is 25.9 Å². The summed E-state index contributed by atoms with van der Waals surface area (Å²) in [5.41, 5.74) is 0.973. The fourth-order valence-electron chi connectivity index (χ4n) is 1.33. The van der Waals surface area contributed by atoms with Crippen LogP contribution in [0.1, 0.15) is 5.69 Å². The van der Waals surface area contributed by atoms with Crippen LogP contribution >= 0.6 is 27.3 Å². The summed E-state index contributed by atoms with van der Waals surface area (Å²) in [4.78, 5) is 9.78. The summed E-state index contributed by atoms with van der Waals surface area (Å²) in [6.45, 7) is 0.500. The normalized spacial score (nSPS) is 12.0. The maximum absolute atomic E-state index is 5.09. The second-order valence-electron chi connectivity index (χ2n) is 3.31. The van der Waals surface area contributed by atoms with Crippen molar-refractivity contribution in [3.05, 3.63) is 40.3 Å². The number of rotatable bonds is 4. The van der Waals surface area contributed by atoms with E-state index in [0.29, 0.717) is 12.5 Å². The average Bonchev–Trinajstić information content (AvgIpc) is 2.78. The van der Waals surface area contributed by atoms with Crippen molar-refractivity contribution in [3.63, 3.8) is 0 Å². The molecule has 0 bridgehead atoms. The first-order chi connectivity index (χ1) is 8.33. The molecule has 0 radical (unpaired) electrons. The number of nitrogens with zero attached hydrogens (tertiary/aromatic N) is 3. The molecule has 2 aromatic heterocycles. The third-order valence-electron chi connectivity index (χ3n) is 2.07. The molecule has 0 N–H and O–H groups in total. The van der Waals surface area contributed by atoms with E-state index in [9.17, 15) is 0 Å². The van der Waals surface area contributed by atoms with Gasteiger partial charge in [0.15, 0.2) is 10.6 Å². The molecule has 0 aromatic carbocycles. The summed E-state index contributed by atoms with van der Waals surface area (Å²) in [6, 6.07) is 5.81. The smallest absolute Gasteiger partial charge is 0.193 e. The van der Waals surface area contributed by atoms with E-state index in [-0.39, 0.29) is 0 Å². The summed E-state index contributed by atoms with van der Waals surface area (Å²) in [5.74, 6) is 0.717. The van der Waals surface area contributed by atoms with Gasteiger partial charge in [0.1, 0.15) is 6.73 Å². The average molecular weight is 314 g/mol. The zero-order valence-electron chi connectivity index (χ0n) is 9.34. The maximum atomic E-state index is 5.09. The Kier molecular flexibility index (Phi) is 4.47. The number of ether oxygens (including phenoxy) is 1. The minimum Gasteiger partial charge on any atom is -0.364 e. The largest absolute Gasteiger partial charge is 0.364 e. The van der Waals surface area contributed by atoms with Crippen LogP contribution in [-0.2, 0) is 16.8 Å². The summed E-state index contributed by atoms with van der Waals surface area (Å²) in [5, 5.41) is 2.71. The number of hydrogen-bond donors (Lipinski definition) is 0. The van der Waals surface area contributed by atoms with Crippen LogP contribution in [0.4, 0.5) is 5.82 Å². The molecule has 0 spiro atoms. The van der Waals surface area contributed by atoms with Crippen LogP contribution in [0.3, 0.4) is 0 Å². The highest BCUT2D eigenvalue weighted by Crippen LogP contribution is 2.10. The molecule has 0 unspecified atom stereocenters. The molecule has 2 heterocycles. The Hall–Kier alpha value is -0.980. The van der Waals surface area contributed by atoms with Crippen molar-refractivity contribution in [1.82, 2.24) is 9.55 Å². The Labute approximate surface area is 112 Å². The van der Waals surface area contributed by atoms with Gasteiger partial charge < -0.3 is 4.74 Å². The van der Waals surface area contributed by atoms with Crippen LogP contribution < -0.4 is 4.80 Å². The van der Waals surface area contributed by atoms with Gasteiger partial charge in [-0.25, -0.2) is 9.98 Å². The van der Waals surface area contributed by atoms with Crippen LogP contribution in [0.5, 0.6) is 0 Å². The Morgan fingerprint density at radius 3 is 3.18 bits per heavy atom. The van der Waals surface area contributed by atoms with Gasteiger partial charge in [0.05, 0.1) is 5.69 Å². The minimum atomic E-state index is 0.500. The molecule has 17 heavy (non-hydrogen) atoms. The molecule has 2 aromatic rings. The molecule has 0 saturated carbocycles. The molecule has 0 atom stereocenters. The van der Waals surface area contributed by atoms with Crippen molar-refractivity contribution in [1.29, 1.82) is 0 Å². The Morgan fingerprint density at radius 1 is 1.53 bits per heavy atom. The zero-order valence-corrected chi connectivity index (χ0v) is 11.7. The summed E-state index contributed by atoms with van der Waals surface area (Å²) < 4.78 is 7.03. The molecule has 0 saturated heterocycles. The van der Waals surface area contributed by atoms with E-state index in [1.165, 1.54) is 0 Å². The quantitative estimate of drug-likeness (QED) is 0.814. The molecular weight excluding hydrogens is 302 g/mol. The fraction of sp³-hybridized carbons (Fsp3) is 0.273. The molecule has 0 fully saturated rings. The number of pyridine rings is 1. The molecular formula is C11H12BrN3OS. The highest BCUT2D eigenvalue weighted by molar-refractivity contribution is 9.08. The van der Waals surface area contributed by atoms with Gasteiger partial charge in [-0.3, -0.25) is 4.57 Å². The second-order valence-corrected chi connectivity index (χ2v) is 4.74. The van der Waals surface area contributed by atoms with Gasteiger partial charge in [-0.15, -0.1) is 11.3 Å². The van der Waals surface area contributed by atoms with Crippen LogP contribution in [0.25, 0.3) is 0 Å². The van der Waals surface area contributed by atoms with Gasteiger partial charge >= 0.3 is 0 Å².